The lowest BCUT2D eigenvalue weighted by Crippen LogP contribution is -2.36. The summed E-state index contributed by atoms with van der Waals surface area (Å²) in [6, 6.07) is -1.63. The van der Waals surface area contributed by atoms with E-state index < -0.39 is 35.6 Å². The maximum atomic E-state index is 11.5. The van der Waals surface area contributed by atoms with Crippen LogP contribution in [0, 0.1) is 0 Å². The van der Waals surface area contributed by atoms with E-state index in [2.05, 4.69) is 9.73 Å². The second-order valence-electron chi connectivity index (χ2n) is 3.85. The molecule has 0 bridgehead atoms. The summed E-state index contributed by atoms with van der Waals surface area (Å²) in [6.07, 6.45) is -1.54. The topological polar surface area (TPSA) is 136 Å². The molecule has 1 aromatic rings. The maximum absolute atomic E-state index is 11.5. The summed E-state index contributed by atoms with van der Waals surface area (Å²) in [5, 5.41) is 30.9. The molecule has 94 valence electrons. The van der Waals surface area contributed by atoms with Crippen LogP contribution in [0.4, 0.5) is 0 Å². The molecule has 2 heterocycles. The van der Waals surface area contributed by atoms with Crippen molar-refractivity contribution < 1.29 is 19.7 Å². The molecule has 17 heavy (non-hydrogen) atoms. The molecular formula is C9H12N2O6. The maximum Gasteiger partial charge on any atom is 0.419 e. The zero-order chi connectivity index (χ0) is 12.6. The van der Waals surface area contributed by atoms with Crippen molar-refractivity contribution in [2.45, 2.75) is 24.3 Å². The molecule has 1 aromatic heterocycles. The fourth-order valence-corrected chi connectivity index (χ4v) is 1.88. The largest absolute Gasteiger partial charge is 0.419 e. The standard InChI is InChI=1S/C9H12N2O6/c12-1-4-6(13)7(14)5(10-4)3-2-17-9(16)11-8(3)15/h2,4-7,10,12-14H,1H2,(H,11,15,16). The van der Waals surface area contributed by atoms with E-state index >= 15 is 0 Å². The fraction of sp³-hybridized carbons (Fsp3) is 0.556. The first-order chi connectivity index (χ1) is 8.04. The minimum absolute atomic E-state index is 0.00731. The number of H-pyrrole nitrogens is 1. The van der Waals surface area contributed by atoms with Crippen molar-refractivity contribution in [3.8, 4) is 0 Å². The Morgan fingerprint density at radius 3 is 2.53 bits per heavy atom. The van der Waals surface area contributed by atoms with Gasteiger partial charge in [0, 0.05) is 0 Å². The zero-order valence-electron chi connectivity index (χ0n) is 8.66. The Kier molecular flexibility index (Phi) is 3.11. The van der Waals surface area contributed by atoms with Gasteiger partial charge in [0.25, 0.3) is 5.56 Å². The van der Waals surface area contributed by atoms with Gasteiger partial charge < -0.3 is 19.7 Å². The summed E-state index contributed by atoms with van der Waals surface area (Å²) in [6.45, 7) is -0.386. The number of aromatic amines is 1. The second-order valence-corrected chi connectivity index (χ2v) is 3.85. The van der Waals surface area contributed by atoms with Gasteiger partial charge in [-0.3, -0.25) is 15.1 Å². The van der Waals surface area contributed by atoms with Crippen LogP contribution in [0.25, 0.3) is 0 Å². The number of aliphatic hydroxyl groups is 3. The molecule has 0 aromatic carbocycles. The smallest absolute Gasteiger partial charge is 0.417 e. The molecule has 1 aliphatic rings. The first-order valence-electron chi connectivity index (χ1n) is 4.99. The van der Waals surface area contributed by atoms with Crippen LogP contribution in [0.5, 0.6) is 0 Å². The molecule has 1 fully saturated rings. The van der Waals surface area contributed by atoms with E-state index in [1.165, 1.54) is 0 Å². The Balaban J connectivity index is 2.35. The van der Waals surface area contributed by atoms with Gasteiger partial charge >= 0.3 is 5.76 Å². The monoisotopic (exact) mass is 244 g/mol. The first-order valence-corrected chi connectivity index (χ1v) is 4.99. The Morgan fingerprint density at radius 1 is 1.29 bits per heavy atom. The van der Waals surface area contributed by atoms with Crippen molar-refractivity contribution in [1.29, 1.82) is 0 Å². The van der Waals surface area contributed by atoms with E-state index in [-0.39, 0.29) is 12.2 Å². The summed E-state index contributed by atoms with van der Waals surface area (Å²) in [5.41, 5.74) is -0.712. The molecular weight excluding hydrogens is 232 g/mol. The molecule has 1 saturated heterocycles. The molecule has 4 atom stereocenters. The molecule has 0 aliphatic carbocycles. The number of hydrogen-bond donors (Lipinski definition) is 5. The van der Waals surface area contributed by atoms with Gasteiger partial charge in [0.05, 0.1) is 30.4 Å². The van der Waals surface area contributed by atoms with Crippen LogP contribution < -0.4 is 16.6 Å². The highest BCUT2D eigenvalue weighted by Gasteiger charge is 2.42. The predicted molar refractivity (Wildman–Crippen MR) is 54.4 cm³/mol. The van der Waals surface area contributed by atoms with Crippen molar-refractivity contribution in [3.63, 3.8) is 0 Å². The average Bonchev–Trinajstić information content (AvgIpc) is 2.57. The minimum atomic E-state index is -1.26. The van der Waals surface area contributed by atoms with Gasteiger partial charge in [0.1, 0.15) is 12.4 Å². The highest BCUT2D eigenvalue weighted by Crippen LogP contribution is 2.24. The minimum Gasteiger partial charge on any atom is -0.417 e. The lowest BCUT2D eigenvalue weighted by atomic mass is 10.0. The average molecular weight is 244 g/mol. The summed E-state index contributed by atoms with van der Waals surface area (Å²) in [5.74, 6) is -0.898. The SMILES string of the molecule is O=c1[nH]c(=O)c(C2NC(CO)C(O)C2O)co1. The van der Waals surface area contributed by atoms with Gasteiger partial charge in [-0.1, -0.05) is 0 Å². The third-order valence-electron chi connectivity index (χ3n) is 2.80. The van der Waals surface area contributed by atoms with E-state index in [0.29, 0.717) is 0 Å². The van der Waals surface area contributed by atoms with Crippen LogP contribution in [0.2, 0.25) is 0 Å². The molecule has 2 rings (SSSR count). The van der Waals surface area contributed by atoms with Crippen LogP contribution in [0.15, 0.2) is 20.3 Å². The second kappa shape index (κ2) is 4.41. The zero-order valence-corrected chi connectivity index (χ0v) is 8.66. The number of aromatic nitrogens is 1. The first kappa shape index (κ1) is 12.0. The molecule has 4 unspecified atom stereocenters. The summed E-state index contributed by atoms with van der Waals surface area (Å²) >= 11 is 0. The highest BCUT2D eigenvalue weighted by atomic mass is 16.4. The quantitative estimate of drug-likeness (QED) is 0.375. The number of nitrogens with one attached hydrogen (secondary N) is 2. The van der Waals surface area contributed by atoms with E-state index in [4.69, 9.17) is 5.11 Å². The lowest BCUT2D eigenvalue weighted by Gasteiger charge is -2.14. The van der Waals surface area contributed by atoms with Gasteiger partial charge in [0.15, 0.2) is 0 Å². The van der Waals surface area contributed by atoms with E-state index in [1.54, 1.807) is 0 Å². The molecule has 8 heteroatoms. The summed E-state index contributed by atoms with van der Waals surface area (Å²) < 4.78 is 4.50. The molecule has 0 spiro atoms. The van der Waals surface area contributed by atoms with Crippen molar-refractivity contribution in [3.05, 3.63) is 32.7 Å². The van der Waals surface area contributed by atoms with Gasteiger partial charge in [-0.25, -0.2) is 4.79 Å². The highest BCUT2D eigenvalue weighted by molar-refractivity contribution is 5.16. The van der Waals surface area contributed by atoms with Crippen LogP contribution >= 0.6 is 0 Å². The van der Waals surface area contributed by atoms with Crippen LogP contribution in [0.1, 0.15) is 11.6 Å². The Labute approximate surface area is 94.5 Å². The molecule has 5 N–H and O–H groups in total. The van der Waals surface area contributed by atoms with Crippen molar-refractivity contribution in [2.24, 2.45) is 0 Å². The van der Waals surface area contributed by atoms with Gasteiger partial charge in [0.2, 0.25) is 0 Å². The van der Waals surface area contributed by atoms with Crippen molar-refractivity contribution >= 4 is 0 Å². The molecule has 1 aliphatic heterocycles. The van der Waals surface area contributed by atoms with Gasteiger partial charge in [-0.05, 0) is 0 Å². The lowest BCUT2D eigenvalue weighted by molar-refractivity contribution is 0.0191. The summed E-state index contributed by atoms with van der Waals surface area (Å²) in [7, 11) is 0. The fourth-order valence-electron chi connectivity index (χ4n) is 1.88. The van der Waals surface area contributed by atoms with Crippen LogP contribution in [-0.2, 0) is 0 Å². The molecule has 0 amide bonds. The normalized spacial score (nSPS) is 32.9. The van der Waals surface area contributed by atoms with Gasteiger partial charge in [-0.2, -0.15) is 0 Å². The number of rotatable bonds is 2. The number of hydrogen-bond acceptors (Lipinski definition) is 7. The van der Waals surface area contributed by atoms with Crippen molar-refractivity contribution in [1.82, 2.24) is 10.3 Å². The Morgan fingerprint density at radius 2 is 2.00 bits per heavy atom. The molecule has 8 nitrogen and oxygen atoms in total. The van der Waals surface area contributed by atoms with E-state index in [1.807, 2.05) is 4.98 Å². The molecule has 0 radical (unpaired) electrons. The van der Waals surface area contributed by atoms with Crippen LogP contribution in [0.3, 0.4) is 0 Å². The summed E-state index contributed by atoms with van der Waals surface area (Å²) in [4.78, 5) is 24.1. The molecule has 0 saturated carbocycles. The Bertz CT molecular complexity index is 509. The third kappa shape index (κ3) is 2.03. The van der Waals surface area contributed by atoms with Crippen LogP contribution in [-0.4, -0.2) is 45.2 Å². The van der Waals surface area contributed by atoms with Crippen molar-refractivity contribution in [2.75, 3.05) is 6.61 Å². The predicted octanol–water partition coefficient (Wildman–Crippen LogP) is -2.94. The van der Waals surface area contributed by atoms with E-state index in [9.17, 15) is 19.8 Å². The number of aliphatic hydroxyl groups excluding tert-OH is 3. The third-order valence-corrected chi connectivity index (χ3v) is 2.80. The van der Waals surface area contributed by atoms with E-state index in [0.717, 1.165) is 6.26 Å². The van der Waals surface area contributed by atoms with Gasteiger partial charge in [-0.15, -0.1) is 0 Å². The Hall–Kier alpha value is -1.48.